The Bertz CT molecular complexity index is 346. The fourth-order valence-electron chi connectivity index (χ4n) is 2.04. The van der Waals surface area contributed by atoms with Gasteiger partial charge >= 0.3 is 0 Å². The molecule has 1 fully saturated rings. The minimum Gasteiger partial charge on any atom is -0.490 e. The smallest absolute Gasteiger partial charge is 0.171 e. The second kappa shape index (κ2) is 5.39. The summed E-state index contributed by atoms with van der Waals surface area (Å²) in [7, 11) is 0. The molecule has 0 N–H and O–H groups in total. The van der Waals surface area contributed by atoms with Gasteiger partial charge in [-0.15, -0.1) is 11.6 Å². The molecule has 2 heterocycles. The standard InChI is InChI=1S/C12H17ClN2O/c1-2-16-11-4-3-6-14-12(11)15-7-5-10(8-13)9-15/h3-4,6,10H,2,5,7-9H2,1H3. The Morgan fingerprint density at radius 3 is 3.19 bits per heavy atom. The summed E-state index contributed by atoms with van der Waals surface area (Å²) in [4.78, 5) is 6.67. The van der Waals surface area contributed by atoms with E-state index in [9.17, 15) is 0 Å². The highest BCUT2D eigenvalue weighted by atomic mass is 35.5. The summed E-state index contributed by atoms with van der Waals surface area (Å²) in [5.74, 6) is 3.14. The van der Waals surface area contributed by atoms with Crippen LogP contribution in [0.3, 0.4) is 0 Å². The largest absolute Gasteiger partial charge is 0.490 e. The first-order valence-electron chi connectivity index (χ1n) is 5.74. The normalized spacial score (nSPS) is 20.1. The van der Waals surface area contributed by atoms with Crippen LogP contribution >= 0.6 is 11.6 Å². The van der Waals surface area contributed by atoms with Crippen molar-refractivity contribution < 1.29 is 4.74 Å². The van der Waals surface area contributed by atoms with Gasteiger partial charge in [-0.05, 0) is 31.4 Å². The van der Waals surface area contributed by atoms with Crippen LogP contribution in [0.15, 0.2) is 18.3 Å². The highest BCUT2D eigenvalue weighted by molar-refractivity contribution is 6.18. The summed E-state index contributed by atoms with van der Waals surface area (Å²) in [5.41, 5.74) is 0. The molecule has 3 nitrogen and oxygen atoms in total. The van der Waals surface area contributed by atoms with E-state index in [1.807, 2.05) is 25.3 Å². The molecular weight excluding hydrogens is 224 g/mol. The summed E-state index contributed by atoms with van der Waals surface area (Å²) in [6.45, 7) is 4.67. The maximum atomic E-state index is 5.88. The topological polar surface area (TPSA) is 25.4 Å². The lowest BCUT2D eigenvalue weighted by Crippen LogP contribution is -2.22. The molecule has 4 heteroatoms. The zero-order chi connectivity index (χ0) is 11.4. The molecule has 1 aliphatic heterocycles. The van der Waals surface area contributed by atoms with Crippen LogP contribution in [0, 0.1) is 5.92 Å². The van der Waals surface area contributed by atoms with Crippen LogP contribution in [0.4, 0.5) is 5.82 Å². The fraction of sp³-hybridized carbons (Fsp3) is 0.583. The number of anilines is 1. The summed E-state index contributed by atoms with van der Waals surface area (Å²) in [5, 5.41) is 0. The summed E-state index contributed by atoms with van der Waals surface area (Å²) in [6.07, 6.45) is 2.96. The van der Waals surface area contributed by atoms with Gasteiger partial charge in [-0.1, -0.05) is 0 Å². The van der Waals surface area contributed by atoms with Gasteiger partial charge < -0.3 is 9.64 Å². The quantitative estimate of drug-likeness (QED) is 0.757. The van der Waals surface area contributed by atoms with Gasteiger partial charge in [0.1, 0.15) is 0 Å². The number of ether oxygens (including phenoxy) is 1. The van der Waals surface area contributed by atoms with Crippen molar-refractivity contribution in [1.82, 2.24) is 4.98 Å². The maximum absolute atomic E-state index is 5.88. The molecule has 1 saturated heterocycles. The van der Waals surface area contributed by atoms with Crippen LogP contribution in [0.1, 0.15) is 13.3 Å². The van der Waals surface area contributed by atoms with Crippen molar-refractivity contribution in [1.29, 1.82) is 0 Å². The van der Waals surface area contributed by atoms with E-state index in [2.05, 4.69) is 9.88 Å². The predicted molar refractivity (Wildman–Crippen MR) is 66.4 cm³/mol. The number of nitrogens with zero attached hydrogens (tertiary/aromatic N) is 2. The molecule has 0 spiro atoms. The van der Waals surface area contributed by atoms with E-state index in [1.54, 1.807) is 0 Å². The van der Waals surface area contributed by atoms with E-state index in [0.717, 1.165) is 37.0 Å². The van der Waals surface area contributed by atoms with Crippen LogP contribution in [-0.4, -0.2) is 30.6 Å². The van der Waals surface area contributed by atoms with Crippen LogP contribution in [0.5, 0.6) is 5.75 Å². The van der Waals surface area contributed by atoms with Crippen molar-refractivity contribution in [2.75, 3.05) is 30.5 Å². The molecule has 2 rings (SSSR count). The lowest BCUT2D eigenvalue weighted by molar-refractivity contribution is 0.339. The number of rotatable bonds is 4. The van der Waals surface area contributed by atoms with Crippen molar-refractivity contribution >= 4 is 17.4 Å². The first-order chi connectivity index (χ1) is 7.85. The molecule has 88 valence electrons. The Morgan fingerprint density at radius 2 is 2.50 bits per heavy atom. The summed E-state index contributed by atoms with van der Waals surface area (Å²) < 4.78 is 5.58. The third-order valence-corrected chi connectivity index (χ3v) is 3.29. The van der Waals surface area contributed by atoms with Gasteiger partial charge in [0.05, 0.1) is 6.61 Å². The molecule has 0 radical (unpaired) electrons. The Hall–Kier alpha value is -0.960. The molecule has 16 heavy (non-hydrogen) atoms. The average molecular weight is 241 g/mol. The Labute approximate surface area is 101 Å². The SMILES string of the molecule is CCOc1cccnc1N1CCC(CCl)C1. The van der Waals surface area contributed by atoms with Gasteiger partial charge in [-0.25, -0.2) is 4.98 Å². The fourth-order valence-corrected chi connectivity index (χ4v) is 2.29. The van der Waals surface area contributed by atoms with E-state index in [4.69, 9.17) is 16.3 Å². The van der Waals surface area contributed by atoms with E-state index in [-0.39, 0.29) is 0 Å². The monoisotopic (exact) mass is 240 g/mol. The number of aromatic nitrogens is 1. The average Bonchev–Trinajstić information content (AvgIpc) is 2.79. The summed E-state index contributed by atoms with van der Waals surface area (Å²) >= 11 is 5.88. The molecule has 1 aromatic rings. The van der Waals surface area contributed by atoms with E-state index >= 15 is 0 Å². The van der Waals surface area contributed by atoms with Crippen molar-refractivity contribution in [2.24, 2.45) is 5.92 Å². The van der Waals surface area contributed by atoms with Crippen LogP contribution in [0.2, 0.25) is 0 Å². The highest BCUT2D eigenvalue weighted by Gasteiger charge is 2.24. The molecule has 0 saturated carbocycles. The molecule has 1 unspecified atom stereocenters. The highest BCUT2D eigenvalue weighted by Crippen LogP contribution is 2.30. The molecule has 0 amide bonds. The third-order valence-electron chi connectivity index (χ3n) is 2.85. The van der Waals surface area contributed by atoms with E-state index in [0.29, 0.717) is 12.5 Å². The van der Waals surface area contributed by atoms with Crippen molar-refractivity contribution in [3.8, 4) is 5.75 Å². The third kappa shape index (κ3) is 2.40. The van der Waals surface area contributed by atoms with Gasteiger partial charge in [0, 0.05) is 25.2 Å². The molecule has 0 aromatic carbocycles. The minimum absolute atomic E-state index is 0.582. The minimum atomic E-state index is 0.582. The second-order valence-corrected chi connectivity index (χ2v) is 4.32. The number of hydrogen-bond donors (Lipinski definition) is 0. The molecule has 0 bridgehead atoms. The van der Waals surface area contributed by atoms with Gasteiger partial charge in [0.25, 0.3) is 0 Å². The first-order valence-corrected chi connectivity index (χ1v) is 6.27. The molecular formula is C12H17ClN2O. The molecule has 1 aromatic heterocycles. The number of halogens is 1. The number of pyridine rings is 1. The van der Waals surface area contributed by atoms with Crippen molar-refractivity contribution in [2.45, 2.75) is 13.3 Å². The Balaban J connectivity index is 2.14. The van der Waals surface area contributed by atoms with E-state index in [1.165, 1.54) is 0 Å². The van der Waals surface area contributed by atoms with Crippen LogP contribution in [0.25, 0.3) is 0 Å². The van der Waals surface area contributed by atoms with Crippen LogP contribution < -0.4 is 9.64 Å². The Kier molecular flexibility index (Phi) is 3.88. The zero-order valence-corrected chi connectivity index (χ0v) is 10.3. The lowest BCUT2D eigenvalue weighted by atomic mass is 10.2. The maximum Gasteiger partial charge on any atom is 0.171 e. The molecule has 0 aliphatic carbocycles. The predicted octanol–water partition coefficient (Wildman–Crippen LogP) is 2.55. The van der Waals surface area contributed by atoms with E-state index < -0.39 is 0 Å². The zero-order valence-electron chi connectivity index (χ0n) is 9.53. The number of alkyl halides is 1. The summed E-state index contributed by atoms with van der Waals surface area (Å²) in [6, 6.07) is 3.88. The van der Waals surface area contributed by atoms with Crippen molar-refractivity contribution in [3.05, 3.63) is 18.3 Å². The van der Waals surface area contributed by atoms with Crippen LogP contribution in [-0.2, 0) is 0 Å². The molecule has 1 atom stereocenters. The number of hydrogen-bond acceptors (Lipinski definition) is 3. The second-order valence-electron chi connectivity index (χ2n) is 4.01. The van der Waals surface area contributed by atoms with Crippen molar-refractivity contribution in [3.63, 3.8) is 0 Å². The lowest BCUT2D eigenvalue weighted by Gasteiger charge is -2.19. The first kappa shape index (κ1) is 11.5. The van der Waals surface area contributed by atoms with Gasteiger partial charge in [-0.2, -0.15) is 0 Å². The van der Waals surface area contributed by atoms with Gasteiger partial charge in [0.2, 0.25) is 0 Å². The molecule has 1 aliphatic rings. The van der Waals surface area contributed by atoms with Gasteiger partial charge in [-0.3, -0.25) is 0 Å². The van der Waals surface area contributed by atoms with Gasteiger partial charge in [0.15, 0.2) is 11.6 Å². The Morgan fingerprint density at radius 1 is 1.62 bits per heavy atom.